The molecule has 1 aromatic rings. The first kappa shape index (κ1) is 16.8. The van der Waals surface area contributed by atoms with Crippen molar-refractivity contribution in [3.63, 3.8) is 0 Å². The van der Waals surface area contributed by atoms with Gasteiger partial charge in [0.05, 0.1) is 12.0 Å². The summed E-state index contributed by atoms with van der Waals surface area (Å²) in [5, 5.41) is 3.52. The van der Waals surface area contributed by atoms with Crippen LogP contribution in [0.15, 0.2) is 12.5 Å². The number of likely N-dealkylation sites (tertiary alicyclic amines) is 1. The Morgan fingerprint density at radius 3 is 2.86 bits per heavy atom. The minimum absolute atomic E-state index is 0.218. The van der Waals surface area contributed by atoms with Gasteiger partial charge in [-0.15, -0.1) is 0 Å². The molecule has 1 atom stereocenters. The topological polar surface area (TPSA) is 59.4 Å². The smallest absolute Gasteiger partial charge is 0.410 e. The molecular weight excluding hydrogens is 280 g/mol. The highest BCUT2D eigenvalue weighted by molar-refractivity contribution is 5.68. The van der Waals surface area contributed by atoms with Gasteiger partial charge in [-0.05, 0) is 41.0 Å². The zero-order valence-electron chi connectivity index (χ0n) is 14.3. The molecule has 6 nitrogen and oxygen atoms in total. The Labute approximate surface area is 132 Å². The van der Waals surface area contributed by atoms with Crippen LogP contribution in [0.25, 0.3) is 0 Å². The van der Waals surface area contributed by atoms with E-state index in [4.69, 9.17) is 4.74 Å². The second-order valence-corrected chi connectivity index (χ2v) is 7.18. The normalized spacial score (nSPS) is 19.0. The van der Waals surface area contributed by atoms with Crippen LogP contribution in [-0.4, -0.2) is 45.3 Å². The van der Waals surface area contributed by atoms with Crippen LogP contribution in [0.5, 0.6) is 0 Å². The predicted octanol–water partition coefficient (Wildman–Crippen LogP) is 2.56. The summed E-state index contributed by atoms with van der Waals surface area (Å²) in [7, 11) is 0. The molecule has 22 heavy (non-hydrogen) atoms. The van der Waals surface area contributed by atoms with Gasteiger partial charge < -0.3 is 19.5 Å². The summed E-state index contributed by atoms with van der Waals surface area (Å²) in [5.41, 5.74) is 0.734. The number of ether oxygens (including phenoxy) is 1. The van der Waals surface area contributed by atoms with Gasteiger partial charge in [-0.2, -0.15) is 0 Å². The number of carbonyl (C=O) groups is 1. The van der Waals surface area contributed by atoms with E-state index in [0.29, 0.717) is 18.6 Å². The molecule has 0 aliphatic carbocycles. The lowest BCUT2D eigenvalue weighted by Crippen LogP contribution is -2.38. The van der Waals surface area contributed by atoms with Crippen LogP contribution in [0.1, 0.15) is 52.8 Å². The Bertz CT molecular complexity index is 504. The summed E-state index contributed by atoms with van der Waals surface area (Å²) in [6.45, 7) is 12.2. The van der Waals surface area contributed by atoms with Crippen molar-refractivity contribution in [2.45, 2.75) is 65.3 Å². The number of amides is 1. The van der Waals surface area contributed by atoms with E-state index in [-0.39, 0.29) is 6.09 Å². The Balaban J connectivity index is 1.81. The molecule has 0 bridgehead atoms. The number of rotatable bonds is 4. The Morgan fingerprint density at radius 2 is 2.23 bits per heavy atom. The van der Waals surface area contributed by atoms with Gasteiger partial charge in [0.2, 0.25) is 0 Å². The molecule has 2 rings (SSSR count). The van der Waals surface area contributed by atoms with Crippen molar-refractivity contribution in [1.82, 2.24) is 19.8 Å². The average molecular weight is 308 g/mol. The third-order valence-electron chi connectivity index (χ3n) is 3.71. The lowest BCUT2D eigenvalue weighted by Gasteiger charge is -2.24. The highest BCUT2D eigenvalue weighted by Gasteiger charge is 2.29. The van der Waals surface area contributed by atoms with Gasteiger partial charge in [0, 0.05) is 37.9 Å². The molecule has 0 radical (unpaired) electrons. The van der Waals surface area contributed by atoms with E-state index < -0.39 is 5.60 Å². The molecule has 1 unspecified atom stereocenters. The van der Waals surface area contributed by atoms with Crippen LogP contribution in [0.2, 0.25) is 0 Å². The molecule has 0 spiro atoms. The van der Waals surface area contributed by atoms with Gasteiger partial charge in [-0.25, -0.2) is 9.78 Å². The zero-order valence-corrected chi connectivity index (χ0v) is 14.3. The maximum absolute atomic E-state index is 12.0. The second-order valence-electron chi connectivity index (χ2n) is 7.18. The van der Waals surface area contributed by atoms with Crippen molar-refractivity contribution in [3.8, 4) is 0 Å². The van der Waals surface area contributed by atoms with Gasteiger partial charge in [-0.1, -0.05) is 0 Å². The van der Waals surface area contributed by atoms with E-state index in [0.717, 1.165) is 19.5 Å². The van der Waals surface area contributed by atoms with E-state index in [1.54, 1.807) is 4.90 Å². The Hall–Kier alpha value is -1.56. The molecule has 1 amide bonds. The Kier molecular flexibility index (Phi) is 5.11. The van der Waals surface area contributed by atoms with Gasteiger partial charge in [0.15, 0.2) is 0 Å². The van der Waals surface area contributed by atoms with Crippen LogP contribution < -0.4 is 5.32 Å². The molecule has 0 aromatic carbocycles. The number of nitrogens with zero attached hydrogens (tertiary/aromatic N) is 3. The van der Waals surface area contributed by atoms with E-state index >= 15 is 0 Å². The van der Waals surface area contributed by atoms with Crippen molar-refractivity contribution in [1.29, 1.82) is 0 Å². The fourth-order valence-corrected chi connectivity index (χ4v) is 2.60. The summed E-state index contributed by atoms with van der Waals surface area (Å²) in [6.07, 6.45) is 4.50. The maximum atomic E-state index is 12.0. The first-order valence-electron chi connectivity index (χ1n) is 7.98. The van der Waals surface area contributed by atoms with Crippen molar-refractivity contribution in [2.75, 3.05) is 13.1 Å². The molecule has 0 saturated carbocycles. The first-order valence-corrected chi connectivity index (χ1v) is 7.98. The van der Waals surface area contributed by atoms with Gasteiger partial charge in [0.1, 0.15) is 5.60 Å². The minimum Gasteiger partial charge on any atom is -0.444 e. The van der Waals surface area contributed by atoms with Crippen molar-refractivity contribution >= 4 is 6.09 Å². The fourth-order valence-electron chi connectivity index (χ4n) is 2.60. The molecular formula is C16H28N4O2. The summed E-state index contributed by atoms with van der Waals surface area (Å²) in [4.78, 5) is 18.0. The molecule has 1 N–H and O–H groups in total. The summed E-state index contributed by atoms with van der Waals surface area (Å²) in [5.74, 6) is 0. The molecule has 1 aromatic heterocycles. The van der Waals surface area contributed by atoms with Crippen LogP contribution in [0.3, 0.4) is 0 Å². The van der Waals surface area contributed by atoms with Gasteiger partial charge in [-0.3, -0.25) is 0 Å². The molecule has 1 fully saturated rings. The van der Waals surface area contributed by atoms with Gasteiger partial charge in [0.25, 0.3) is 0 Å². The average Bonchev–Trinajstić information content (AvgIpc) is 3.03. The molecule has 2 heterocycles. The van der Waals surface area contributed by atoms with E-state index in [2.05, 4.69) is 28.7 Å². The lowest BCUT2D eigenvalue weighted by atomic mass is 10.2. The van der Waals surface area contributed by atoms with Crippen molar-refractivity contribution in [2.24, 2.45) is 0 Å². The van der Waals surface area contributed by atoms with Crippen molar-refractivity contribution in [3.05, 3.63) is 18.2 Å². The van der Waals surface area contributed by atoms with Gasteiger partial charge >= 0.3 is 6.09 Å². The number of aromatic nitrogens is 2. The third kappa shape index (κ3) is 4.47. The minimum atomic E-state index is -0.438. The monoisotopic (exact) mass is 308 g/mol. The van der Waals surface area contributed by atoms with Crippen LogP contribution in [0, 0.1) is 0 Å². The number of carbonyl (C=O) groups excluding carboxylic acids is 1. The molecule has 124 valence electrons. The second kappa shape index (κ2) is 6.69. The highest BCUT2D eigenvalue weighted by atomic mass is 16.6. The van der Waals surface area contributed by atoms with E-state index in [1.165, 1.54) is 5.69 Å². The number of hydrogen-bond donors (Lipinski definition) is 1. The molecule has 1 aliphatic rings. The third-order valence-corrected chi connectivity index (χ3v) is 3.71. The van der Waals surface area contributed by atoms with Crippen LogP contribution in [-0.2, 0) is 11.3 Å². The summed E-state index contributed by atoms with van der Waals surface area (Å²) < 4.78 is 7.58. The molecule has 6 heteroatoms. The quantitative estimate of drug-likeness (QED) is 0.928. The number of hydrogen-bond acceptors (Lipinski definition) is 4. The van der Waals surface area contributed by atoms with E-state index in [9.17, 15) is 4.79 Å². The fraction of sp³-hybridized carbons (Fsp3) is 0.750. The van der Waals surface area contributed by atoms with Crippen LogP contribution >= 0.6 is 0 Å². The number of nitrogens with one attached hydrogen (secondary N) is 1. The standard InChI is InChI=1S/C16H28N4O2/c1-12(2)20-11-17-8-14(20)9-18-13-6-7-19(10-13)15(21)22-16(3,4)5/h8,11-13,18H,6-7,9-10H2,1-5H3. The SMILES string of the molecule is CC(C)n1cncc1CNC1CCN(C(=O)OC(C)(C)C)C1. The highest BCUT2D eigenvalue weighted by Crippen LogP contribution is 2.16. The number of imidazole rings is 1. The van der Waals surface area contributed by atoms with E-state index in [1.807, 2.05) is 33.3 Å². The predicted molar refractivity (Wildman–Crippen MR) is 85.7 cm³/mol. The largest absolute Gasteiger partial charge is 0.444 e. The zero-order chi connectivity index (χ0) is 16.3. The maximum Gasteiger partial charge on any atom is 0.410 e. The first-order chi connectivity index (χ1) is 10.3. The van der Waals surface area contributed by atoms with Crippen LogP contribution in [0.4, 0.5) is 4.79 Å². The molecule has 1 aliphatic heterocycles. The Morgan fingerprint density at radius 1 is 1.50 bits per heavy atom. The van der Waals surface area contributed by atoms with Crippen molar-refractivity contribution < 1.29 is 9.53 Å². The summed E-state index contributed by atoms with van der Waals surface area (Å²) in [6, 6.07) is 0.712. The molecule has 1 saturated heterocycles. The summed E-state index contributed by atoms with van der Waals surface area (Å²) >= 11 is 0. The lowest BCUT2D eigenvalue weighted by molar-refractivity contribution is 0.0291.